The van der Waals surface area contributed by atoms with Crippen LogP contribution in [0.3, 0.4) is 0 Å². The highest BCUT2D eigenvalue weighted by Gasteiger charge is 2.43. The minimum absolute atomic E-state index is 0.0310. The average molecular weight is 604 g/mol. The Morgan fingerprint density at radius 3 is 2.31 bits per heavy atom. The lowest BCUT2D eigenvalue weighted by atomic mass is 9.90. The quantitative estimate of drug-likeness (QED) is 0.449. The zero-order chi connectivity index (χ0) is 30.3. The average Bonchev–Trinajstić information content (AvgIpc) is 3.73. The molecule has 0 saturated carbocycles. The van der Waals surface area contributed by atoms with Gasteiger partial charge in [-0.25, -0.2) is 0 Å². The van der Waals surface area contributed by atoms with Crippen molar-refractivity contribution in [2.24, 2.45) is 5.92 Å². The van der Waals surface area contributed by atoms with Crippen LogP contribution >= 0.6 is 11.6 Å². The molecular weight excluding hydrogens is 571 g/mol. The summed E-state index contributed by atoms with van der Waals surface area (Å²) in [6.07, 6.45) is -0.945. The van der Waals surface area contributed by atoms with Crippen LogP contribution in [0.25, 0.3) is 0 Å². The molecule has 0 radical (unpaired) electrons. The van der Waals surface area contributed by atoms with Crippen molar-refractivity contribution in [1.82, 2.24) is 14.7 Å². The molecule has 1 aliphatic carbocycles. The third-order valence-corrected chi connectivity index (χ3v) is 8.85. The number of likely N-dealkylation sites (N-methyl/N-ethyl adjacent to an activating group) is 1. The van der Waals surface area contributed by atoms with Gasteiger partial charge in [-0.3, -0.25) is 14.4 Å². The van der Waals surface area contributed by atoms with E-state index in [1.807, 2.05) is 25.1 Å². The van der Waals surface area contributed by atoms with Gasteiger partial charge in [0.2, 0.25) is 11.8 Å². The minimum atomic E-state index is -4.70. The number of carbonyl (C=O) groups excluding carboxylic acids is 3. The second kappa shape index (κ2) is 11.6. The fourth-order valence-corrected chi connectivity index (χ4v) is 6.38. The molecule has 5 rings (SSSR count). The molecule has 2 aromatic rings. The zero-order valence-corrected chi connectivity index (χ0v) is 24.5. The van der Waals surface area contributed by atoms with Crippen LogP contribution in [0.15, 0.2) is 48.0 Å². The van der Waals surface area contributed by atoms with E-state index in [0.717, 1.165) is 42.4 Å². The summed E-state index contributed by atoms with van der Waals surface area (Å²) in [6.45, 7) is 3.53. The van der Waals surface area contributed by atoms with Gasteiger partial charge < -0.3 is 19.4 Å². The highest BCUT2D eigenvalue weighted by Crippen LogP contribution is 2.39. The van der Waals surface area contributed by atoms with Crippen LogP contribution in [0.4, 0.5) is 13.2 Å². The number of piperidine rings is 1. The number of amides is 3. The Labute approximate surface area is 247 Å². The number of nitrogens with zero attached hydrogens (tertiary/aromatic N) is 3. The van der Waals surface area contributed by atoms with E-state index in [-0.39, 0.29) is 41.5 Å². The second-order valence-corrected chi connectivity index (χ2v) is 11.7. The van der Waals surface area contributed by atoms with E-state index in [1.54, 1.807) is 22.9 Å². The summed E-state index contributed by atoms with van der Waals surface area (Å²) in [4.78, 5) is 44.7. The highest BCUT2D eigenvalue weighted by molar-refractivity contribution is 6.30. The largest absolute Gasteiger partial charge is 0.496 e. The molecule has 0 aromatic heterocycles. The second-order valence-electron chi connectivity index (χ2n) is 11.2. The third kappa shape index (κ3) is 6.00. The Bertz CT molecular complexity index is 1430. The maximum atomic E-state index is 13.7. The van der Waals surface area contributed by atoms with E-state index in [1.165, 1.54) is 11.0 Å². The first kappa shape index (κ1) is 29.9. The van der Waals surface area contributed by atoms with Gasteiger partial charge in [0.25, 0.3) is 5.91 Å². The van der Waals surface area contributed by atoms with E-state index in [2.05, 4.69) is 0 Å². The smallest absolute Gasteiger partial charge is 0.419 e. The standard InChI is InChI=1S/C31H33ClF3N3O4/c1-18-14-22(32)7-8-23(18)24-16-38(30(41)20-10-12-37(13-11-20)29(40)19-4-5-19)17-26(24)36(2)28(39)21-6-9-27(42-3)25(15-21)31(33,34)35/h4,6-9,14-15,20,24,26H,5,10-13,16-17H2,1-3H3/t24-,26+/m1/s1. The molecule has 3 amide bonds. The topological polar surface area (TPSA) is 70.2 Å². The fraction of sp³-hybridized carbons (Fsp3) is 0.452. The lowest BCUT2D eigenvalue weighted by molar-refractivity contribution is -0.139. The molecular formula is C31H33ClF3N3O4. The van der Waals surface area contributed by atoms with Crippen LogP contribution in [0.2, 0.25) is 5.02 Å². The number of hydrogen-bond acceptors (Lipinski definition) is 4. The zero-order valence-electron chi connectivity index (χ0n) is 23.7. The number of methoxy groups -OCH3 is 1. The number of allylic oxidation sites excluding steroid dienone is 1. The summed E-state index contributed by atoms with van der Waals surface area (Å²) in [5, 5.41) is 0.560. The number of halogens is 4. The van der Waals surface area contributed by atoms with E-state index >= 15 is 0 Å². The third-order valence-electron chi connectivity index (χ3n) is 8.62. The summed E-state index contributed by atoms with van der Waals surface area (Å²) in [6, 6.07) is 8.25. The number of benzene rings is 2. The Morgan fingerprint density at radius 1 is 1.02 bits per heavy atom. The number of alkyl halides is 3. The predicted molar refractivity (Wildman–Crippen MR) is 151 cm³/mol. The molecule has 0 N–H and O–H groups in total. The molecule has 0 bridgehead atoms. The van der Waals surface area contributed by atoms with Gasteiger partial charge in [0.05, 0.1) is 18.7 Å². The summed E-state index contributed by atoms with van der Waals surface area (Å²) in [5.74, 6) is -1.45. The van der Waals surface area contributed by atoms with Crippen LogP contribution in [-0.2, 0) is 15.8 Å². The van der Waals surface area contributed by atoms with E-state index in [9.17, 15) is 27.6 Å². The molecule has 3 aliphatic rings. The molecule has 2 saturated heterocycles. The number of likely N-dealkylation sites (tertiary alicyclic amines) is 2. The lowest BCUT2D eigenvalue weighted by Gasteiger charge is -2.33. The highest BCUT2D eigenvalue weighted by atomic mass is 35.5. The molecule has 7 nitrogen and oxygen atoms in total. The number of hydrogen-bond donors (Lipinski definition) is 0. The summed E-state index contributed by atoms with van der Waals surface area (Å²) >= 11 is 6.20. The minimum Gasteiger partial charge on any atom is -0.496 e. The van der Waals surface area contributed by atoms with Crippen molar-refractivity contribution in [3.8, 4) is 5.75 Å². The Hall–Kier alpha value is -3.53. The summed E-state index contributed by atoms with van der Waals surface area (Å²) in [7, 11) is 2.71. The van der Waals surface area contributed by atoms with Gasteiger partial charge in [-0.15, -0.1) is 0 Å². The van der Waals surface area contributed by atoms with Crippen molar-refractivity contribution in [3.05, 3.63) is 75.3 Å². The molecule has 2 atom stereocenters. The monoisotopic (exact) mass is 603 g/mol. The first-order valence-corrected chi connectivity index (χ1v) is 14.3. The first-order valence-electron chi connectivity index (χ1n) is 13.9. The van der Waals surface area contributed by atoms with Gasteiger partial charge in [-0.2, -0.15) is 13.2 Å². The van der Waals surface area contributed by atoms with Crippen LogP contribution in [0, 0.1) is 12.8 Å². The predicted octanol–water partition coefficient (Wildman–Crippen LogP) is 5.31. The van der Waals surface area contributed by atoms with Gasteiger partial charge in [-0.1, -0.05) is 23.7 Å². The maximum Gasteiger partial charge on any atom is 0.419 e. The molecule has 2 aliphatic heterocycles. The van der Waals surface area contributed by atoms with Gasteiger partial charge in [-0.05, 0) is 67.6 Å². The van der Waals surface area contributed by atoms with Gasteiger partial charge in [0.1, 0.15) is 5.75 Å². The van der Waals surface area contributed by atoms with Crippen LogP contribution < -0.4 is 4.74 Å². The van der Waals surface area contributed by atoms with Crippen LogP contribution in [0.5, 0.6) is 5.75 Å². The van der Waals surface area contributed by atoms with Crippen LogP contribution in [-0.4, -0.2) is 78.8 Å². The lowest BCUT2D eigenvalue weighted by Crippen LogP contribution is -2.45. The molecule has 42 heavy (non-hydrogen) atoms. The first-order chi connectivity index (χ1) is 19.9. The SMILES string of the molecule is COc1ccc(C(=O)N(C)[C@H]2CN(C(=O)C3CCN(C(=O)C4=CC4)CC3)C[C@@H]2c2ccc(Cl)cc2C)cc1C(F)(F)F. The van der Waals surface area contributed by atoms with Crippen molar-refractivity contribution in [2.75, 3.05) is 40.3 Å². The summed E-state index contributed by atoms with van der Waals surface area (Å²) < 4.78 is 45.9. The number of aryl methyl sites for hydroxylation is 1. The van der Waals surface area contributed by atoms with Gasteiger partial charge in [0, 0.05) is 61.2 Å². The van der Waals surface area contributed by atoms with Gasteiger partial charge >= 0.3 is 6.18 Å². The van der Waals surface area contributed by atoms with E-state index < -0.39 is 23.7 Å². The fourth-order valence-electron chi connectivity index (χ4n) is 6.15. The molecule has 11 heteroatoms. The number of carbonyl (C=O) groups is 3. The van der Waals surface area contributed by atoms with Crippen molar-refractivity contribution < 1.29 is 32.3 Å². The normalized spacial score (nSPS) is 20.8. The Balaban J connectivity index is 1.38. The van der Waals surface area contributed by atoms with Gasteiger partial charge in [0.15, 0.2) is 0 Å². The number of rotatable bonds is 6. The Kier molecular flexibility index (Phi) is 8.29. The van der Waals surface area contributed by atoms with Crippen molar-refractivity contribution >= 4 is 29.3 Å². The maximum absolute atomic E-state index is 13.7. The van der Waals surface area contributed by atoms with Crippen LogP contribution in [0.1, 0.15) is 52.2 Å². The molecule has 224 valence electrons. The molecule has 2 heterocycles. The molecule has 2 aromatic carbocycles. The van der Waals surface area contributed by atoms with E-state index in [4.69, 9.17) is 16.3 Å². The number of ether oxygens (including phenoxy) is 1. The summed E-state index contributed by atoms with van der Waals surface area (Å²) in [5.41, 5.74) is 1.50. The van der Waals surface area contributed by atoms with Crippen molar-refractivity contribution in [1.29, 1.82) is 0 Å². The van der Waals surface area contributed by atoms with Crippen molar-refractivity contribution in [2.45, 2.75) is 44.3 Å². The molecule has 2 fully saturated rings. The molecule has 0 spiro atoms. The molecule has 0 unspecified atom stereocenters. The van der Waals surface area contributed by atoms with E-state index in [0.29, 0.717) is 37.5 Å². The Morgan fingerprint density at radius 2 is 1.71 bits per heavy atom. The van der Waals surface area contributed by atoms with Crippen molar-refractivity contribution in [3.63, 3.8) is 0 Å².